The summed E-state index contributed by atoms with van der Waals surface area (Å²) in [7, 11) is 1.80. The first-order valence-electron chi connectivity index (χ1n) is 5.75. The van der Waals surface area contributed by atoms with Gasteiger partial charge >= 0.3 is 0 Å². The molecule has 1 aromatic heterocycles. The number of aromatic nitrogens is 1. The van der Waals surface area contributed by atoms with E-state index in [0.717, 1.165) is 17.3 Å². The molecule has 0 spiro atoms. The van der Waals surface area contributed by atoms with E-state index in [2.05, 4.69) is 4.98 Å². The van der Waals surface area contributed by atoms with Gasteiger partial charge in [0.1, 0.15) is 0 Å². The lowest BCUT2D eigenvalue weighted by atomic mass is 10.1. The molecule has 2 rings (SSSR count). The van der Waals surface area contributed by atoms with E-state index in [1.807, 2.05) is 30.5 Å². The van der Waals surface area contributed by atoms with Crippen molar-refractivity contribution in [3.05, 3.63) is 36.0 Å². The minimum atomic E-state index is 0.0370. The molecule has 1 heterocycles. The Hall–Kier alpha value is -1.81. The van der Waals surface area contributed by atoms with Crippen LogP contribution in [0.1, 0.15) is 16.8 Å². The third kappa shape index (κ3) is 2.47. The zero-order valence-corrected chi connectivity index (χ0v) is 9.94. The fourth-order valence-corrected chi connectivity index (χ4v) is 1.83. The van der Waals surface area contributed by atoms with E-state index in [4.69, 9.17) is 5.73 Å². The highest BCUT2D eigenvalue weighted by Gasteiger charge is 2.11. The fourth-order valence-electron chi connectivity index (χ4n) is 1.83. The van der Waals surface area contributed by atoms with E-state index in [-0.39, 0.29) is 5.91 Å². The Morgan fingerprint density at radius 2 is 2.24 bits per heavy atom. The molecule has 0 atom stereocenters. The summed E-state index contributed by atoms with van der Waals surface area (Å²) < 4.78 is 0. The number of hydrogen-bond donors (Lipinski definition) is 2. The van der Waals surface area contributed by atoms with Gasteiger partial charge in [-0.2, -0.15) is 0 Å². The van der Waals surface area contributed by atoms with Crippen molar-refractivity contribution >= 4 is 16.8 Å². The number of fused-ring (bicyclic) bond motifs is 1. The van der Waals surface area contributed by atoms with Crippen LogP contribution in [-0.4, -0.2) is 35.9 Å². The number of hydrogen-bond acceptors (Lipinski definition) is 2. The Bertz CT molecular complexity index is 518. The third-order valence-corrected chi connectivity index (χ3v) is 2.85. The molecule has 0 fully saturated rings. The SMILES string of the molecule is CN(CCCN)C(=O)c1ccc2cc[nH]c2c1. The summed E-state index contributed by atoms with van der Waals surface area (Å²) in [5.41, 5.74) is 7.13. The second-order valence-corrected chi connectivity index (χ2v) is 4.15. The van der Waals surface area contributed by atoms with E-state index < -0.39 is 0 Å². The minimum Gasteiger partial charge on any atom is -0.361 e. The van der Waals surface area contributed by atoms with Crippen molar-refractivity contribution in [1.29, 1.82) is 0 Å². The maximum Gasteiger partial charge on any atom is 0.253 e. The minimum absolute atomic E-state index is 0.0370. The first-order valence-corrected chi connectivity index (χ1v) is 5.75. The Kier molecular flexibility index (Phi) is 3.44. The molecular weight excluding hydrogens is 214 g/mol. The number of rotatable bonds is 4. The van der Waals surface area contributed by atoms with Crippen molar-refractivity contribution in [3.8, 4) is 0 Å². The molecule has 1 aromatic carbocycles. The van der Waals surface area contributed by atoms with Crippen molar-refractivity contribution in [3.63, 3.8) is 0 Å². The largest absolute Gasteiger partial charge is 0.361 e. The van der Waals surface area contributed by atoms with Crippen molar-refractivity contribution in [1.82, 2.24) is 9.88 Å². The monoisotopic (exact) mass is 231 g/mol. The molecule has 4 nitrogen and oxygen atoms in total. The van der Waals surface area contributed by atoms with Gasteiger partial charge in [0.15, 0.2) is 0 Å². The maximum atomic E-state index is 12.1. The fraction of sp³-hybridized carbons (Fsp3) is 0.308. The molecule has 0 aliphatic carbocycles. The van der Waals surface area contributed by atoms with Gasteiger partial charge in [-0.15, -0.1) is 0 Å². The number of nitrogens with zero attached hydrogens (tertiary/aromatic N) is 1. The normalized spacial score (nSPS) is 10.7. The Morgan fingerprint density at radius 1 is 1.41 bits per heavy atom. The van der Waals surface area contributed by atoms with Gasteiger partial charge in [0.05, 0.1) is 0 Å². The van der Waals surface area contributed by atoms with Gasteiger partial charge in [0.2, 0.25) is 0 Å². The molecule has 4 heteroatoms. The predicted octanol–water partition coefficient (Wildman–Crippen LogP) is 1.59. The molecule has 2 aromatic rings. The van der Waals surface area contributed by atoms with Crippen molar-refractivity contribution in [2.24, 2.45) is 5.73 Å². The number of benzene rings is 1. The molecule has 17 heavy (non-hydrogen) atoms. The number of H-pyrrole nitrogens is 1. The van der Waals surface area contributed by atoms with Crippen LogP contribution in [0, 0.1) is 0 Å². The van der Waals surface area contributed by atoms with Gasteiger partial charge < -0.3 is 15.6 Å². The zero-order chi connectivity index (χ0) is 12.3. The topological polar surface area (TPSA) is 62.1 Å². The van der Waals surface area contributed by atoms with Gasteiger partial charge in [0, 0.05) is 30.9 Å². The summed E-state index contributed by atoms with van der Waals surface area (Å²) in [5.74, 6) is 0.0370. The van der Waals surface area contributed by atoms with Gasteiger partial charge in [-0.05, 0) is 36.6 Å². The quantitative estimate of drug-likeness (QED) is 0.839. The zero-order valence-electron chi connectivity index (χ0n) is 9.94. The van der Waals surface area contributed by atoms with Crippen LogP contribution in [0.25, 0.3) is 10.9 Å². The average molecular weight is 231 g/mol. The third-order valence-electron chi connectivity index (χ3n) is 2.85. The maximum absolute atomic E-state index is 12.1. The summed E-state index contributed by atoms with van der Waals surface area (Å²) in [6.07, 6.45) is 2.70. The highest BCUT2D eigenvalue weighted by Crippen LogP contribution is 2.15. The molecule has 0 radical (unpaired) electrons. The van der Waals surface area contributed by atoms with Crippen LogP contribution in [-0.2, 0) is 0 Å². The molecule has 0 unspecified atom stereocenters. The molecular formula is C13H17N3O. The molecule has 0 saturated heterocycles. The van der Waals surface area contributed by atoms with Gasteiger partial charge in [-0.1, -0.05) is 6.07 Å². The first kappa shape index (κ1) is 11.7. The lowest BCUT2D eigenvalue weighted by Crippen LogP contribution is -2.28. The lowest BCUT2D eigenvalue weighted by Gasteiger charge is -2.16. The molecule has 0 aliphatic rings. The Balaban J connectivity index is 2.17. The second-order valence-electron chi connectivity index (χ2n) is 4.15. The molecule has 0 bridgehead atoms. The van der Waals surface area contributed by atoms with Crippen LogP contribution in [0.3, 0.4) is 0 Å². The molecule has 1 amide bonds. The summed E-state index contributed by atoms with van der Waals surface area (Å²) >= 11 is 0. The van der Waals surface area contributed by atoms with E-state index in [1.54, 1.807) is 11.9 Å². The standard InChI is InChI=1S/C13H17N3O/c1-16(8-2-6-14)13(17)11-4-3-10-5-7-15-12(10)9-11/h3-5,7,9,15H,2,6,8,14H2,1H3. The Morgan fingerprint density at radius 3 is 3.00 bits per heavy atom. The summed E-state index contributed by atoms with van der Waals surface area (Å²) in [6.45, 7) is 1.30. The van der Waals surface area contributed by atoms with Crippen molar-refractivity contribution in [2.75, 3.05) is 20.1 Å². The van der Waals surface area contributed by atoms with Crippen LogP contribution in [0.5, 0.6) is 0 Å². The summed E-state index contributed by atoms with van der Waals surface area (Å²) in [4.78, 5) is 16.9. The number of aromatic amines is 1. The number of carbonyl (C=O) groups is 1. The van der Waals surface area contributed by atoms with Crippen molar-refractivity contribution in [2.45, 2.75) is 6.42 Å². The van der Waals surface area contributed by atoms with Gasteiger partial charge in [0.25, 0.3) is 5.91 Å². The molecule has 90 valence electrons. The van der Waals surface area contributed by atoms with E-state index in [0.29, 0.717) is 18.7 Å². The number of nitrogens with two attached hydrogens (primary N) is 1. The number of carbonyl (C=O) groups excluding carboxylic acids is 1. The Labute approximate surface area is 100 Å². The van der Waals surface area contributed by atoms with Gasteiger partial charge in [-0.3, -0.25) is 4.79 Å². The van der Waals surface area contributed by atoms with E-state index in [9.17, 15) is 4.79 Å². The smallest absolute Gasteiger partial charge is 0.253 e. The van der Waals surface area contributed by atoms with Crippen LogP contribution < -0.4 is 5.73 Å². The second kappa shape index (κ2) is 5.01. The van der Waals surface area contributed by atoms with Crippen LogP contribution in [0.2, 0.25) is 0 Å². The molecule has 3 N–H and O–H groups in total. The number of amides is 1. The summed E-state index contributed by atoms with van der Waals surface area (Å²) in [5, 5.41) is 1.12. The molecule has 0 aliphatic heterocycles. The first-order chi connectivity index (χ1) is 8.22. The number of nitrogens with one attached hydrogen (secondary N) is 1. The van der Waals surface area contributed by atoms with Crippen molar-refractivity contribution < 1.29 is 4.79 Å². The highest BCUT2D eigenvalue weighted by atomic mass is 16.2. The highest BCUT2D eigenvalue weighted by molar-refractivity contribution is 5.97. The molecule has 0 saturated carbocycles. The van der Waals surface area contributed by atoms with Crippen LogP contribution in [0.15, 0.2) is 30.5 Å². The lowest BCUT2D eigenvalue weighted by molar-refractivity contribution is 0.0794. The van der Waals surface area contributed by atoms with Crippen LogP contribution >= 0.6 is 0 Å². The van der Waals surface area contributed by atoms with Crippen LogP contribution in [0.4, 0.5) is 0 Å². The van der Waals surface area contributed by atoms with E-state index in [1.165, 1.54) is 0 Å². The van der Waals surface area contributed by atoms with E-state index >= 15 is 0 Å². The predicted molar refractivity (Wildman–Crippen MR) is 68.9 cm³/mol. The van der Waals surface area contributed by atoms with Gasteiger partial charge in [-0.25, -0.2) is 0 Å². The summed E-state index contributed by atoms with van der Waals surface area (Å²) in [6, 6.07) is 7.69. The average Bonchev–Trinajstić information content (AvgIpc) is 2.81.